The highest BCUT2D eigenvalue weighted by molar-refractivity contribution is 5.93. The van der Waals surface area contributed by atoms with Gasteiger partial charge in [-0.2, -0.15) is 4.98 Å². The Morgan fingerprint density at radius 1 is 1.12 bits per heavy atom. The molecule has 0 bridgehead atoms. The van der Waals surface area contributed by atoms with E-state index < -0.39 is 0 Å². The monoisotopic (exact) mass is 340 g/mol. The lowest BCUT2D eigenvalue weighted by molar-refractivity contribution is 0.0945. The molecule has 7 heteroatoms. The molecule has 0 saturated heterocycles. The van der Waals surface area contributed by atoms with Gasteiger partial charge in [-0.25, -0.2) is 0 Å². The van der Waals surface area contributed by atoms with Crippen LogP contribution in [0.4, 0.5) is 0 Å². The Morgan fingerprint density at radius 2 is 1.88 bits per heavy atom. The van der Waals surface area contributed by atoms with Crippen LogP contribution in [0.1, 0.15) is 43.0 Å². The van der Waals surface area contributed by atoms with E-state index in [2.05, 4.69) is 20.6 Å². The zero-order chi connectivity index (χ0) is 17.9. The van der Waals surface area contributed by atoms with Crippen molar-refractivity contribution in [3.05, 3.63) is 53.8 Å². The largest absolute Gasteiger partial charge is 0.355 e. The molecule has 0 atom stereocenters. The highest BCUT2D eigenvalue weighted by atomic mass is 16.5. The molecule has 7 nitrogen and oxygen atoms in total. The first-order valence-corrected chi connectivity index (χ1v) is 8.07. The lowest BCUT2D eigenvalue weighted by Crippen LogP contribution is -2.26. The van der Waals surface area contributed by atoms with Crippen molar-refractivity contribution in [3.8, 4) is 11.3 Å². The predicted molar refractivity (Wildman–Crippen MR) is 91.0 cm³/mol. The molecule has 3 rings (SSSR count). The Balaban J connectivity index is 1.55. The number of benzene rings is 1. The average Bonchev–Trinajstić information content (AvgIpc) is 3.25. The second-order valence-electron chi connectivity index (χ2n) is 6.71. The highest BCUT2D eigenvalue weighted by Crippen LogP contribution is 2.20. The molecular formula is C18H20N4O3. The van der Waals surface area contributed by atoms with Crippen LogP contribution in [0, 0.1) is 0 Å². The Bertz CT molecular complexity index is 847. The first-order chi connectivity index (χ1) is 11.9. The average molecular weight is 340 g/mol. The Hall–Kier alpha value is -2.96. The van der Waals surface area contributed by atoms with Crippen molar-refractivity contribution < 1.29 is 13.8 Å². The zero-order valence-electron chi connectivity index (χ0n) is 14.4. The standard InChI is InChI=1S/C18H20N4O3/c1-18(2,3)17-20-15(22-25-17)9-10-19-16(23)13-11-14(24-21-13)12-7-5-4-6-8-12/h4-8,11H,9-10H2,1-3H3,(H,19,23). The van der Waals surface area contributed by atoms with Gasteiger partial charge < -0.3 is 14.4 Å². The second kappa shape index (κ2) is 6.88. The minimum Gasteiger partial charge on any atom is -0.355 e. The Kier molecular flexibility index (Phi) is 4.65. The van der Waals surface area contributed by atoms with Crippen LogP contribution in [0.5, 0.6) is 0 Å². The van der Waals surface area contributed by atoms with Gasteiger partial charge in [-0.15, -0.1) is 0 Å². The molecule has 0 spiro atoms. The smallest absolute Gasteiger partial charge is 0.273 e. The summed E-state index contributed by atoms with van der Waals surface area (Å²) in [5.41, 5.74) is 0.918. The van der Waals surface area contributed by atoms with Crippen molar-refractivity contribution >= 4 is 5.91 Å². The lowest BCUT2D eigenvalue weighted by atomic mass is 9.97. The molecule has 0 saturated carbocycles. The van der Waals surface area contributed by atoms with E-state index >= 15 is 0 Å². The van der Waals surface area contributed by atoms with Crippen LogP contribution >= 0.6 is 0 Å². The fraction of sp³-hybridized carbons (Fsp3) is 0.333. The molecule has 0 aliphatic carbocycles. The fourth-order valence-electron chi connectivity index (χ4n) is 2.16. The quantitative estimate of drug-likeness (QED) is 0.767. The predicted octanol–water partition coefficient (Wildman–Crippen LogP) is 2.99. The van der Waals surface area contributed by atoms with Gasteiger partial charge in [0, 0.05) is 30.0 Å². The molecule has 1 aromatic carbocycles. The van der Waals surface area contributed by atoms with Crippen LogP contribution in [0.2, 0.25) is 0 Å². The molecule has 0 fully saturated rings. The summed E-state index contributed by atoms with van der Waals surface area (Å²) in [5.74, 6) is 1.40. The third-order valence-electron chi connectivity index (χ3n) is 3.54. The van der Waals surface area contributed by atoms with Gasteiger partial charge in [-0.1, -0.05) is 61.4 Å². The maximum Gasteiger partial charge on any atom is 0.273 e. The number of hydrogen-bond donors (Lipinski definition) is 1. The molecule has 1 N–H and O–H groups in total. The topological polar surface area (TPSA) is 94.1 Å². The molecule has 2 aromatic heterocycles. The molecule has 130 valence electrons. The van der Waals surface area contributed by atoms with Crippen LogP contribution in [0.3, 0.4) is 0 Å². The summed E-state index contributed by atoms with van der Waals surface area (Å²) < 4.78 is 10.4. The van der Waals surface area contributed by atoms with E-state index in [1.807, 2.05) is 51.1 Å². The summed E-state index contributed by atoms with van der Waals surface area (Å²) in [6.07, 6.45) is 0.481. The van der Waals surface area contributed by atoms with Crippen molar-refractivity contribution in [2.45, 2.75) is 32.6 Å². The Labute approximate surface area is 145 Å². The van der Waals surface area contributed by atoms with Crippen molar-refractivity contribution in [1.82, 2.24) is 20.6 Å². The summed E-state index contributed by atoms with van der Waals surface area (Å²) in [5, 5.41) is 10.5. The van der Waals surface area contributed by atoms with Gasteiger partial charge in [0.1, 0.15) is 0 Å². The fourth-order valence-corrected chi connectivity index (χ4v) is 2.16. The van der Waals surface area contributed by atoms with Gasteiger partial charge in [-0.3, -0.25) is 4.79 Å². The van der Waals surface area contributed by atoms with E-state index in [1.54, 1.807) is 6.07 Å². The van der Waals surface area contributed by atoms with Crippen molar-refractivity contribution in [1.29, 1.82) is 0 Å². The first-order valence-electron chi connectivity index (χ1n) is 8.07. The number of aromatic nitrogens is 3. The SMILES string of the molecule is CC(C)(C)c1nc(CCNC(=O)c2cc(-c3ccccc3)on2)no1. The van der Waals surface area contributed by atoms with Crippen molar-refractivity contribution in [3.63, 3.8) is 0 Å². The molecule has 2 heterocycles. The van der Waals surface area contributed by atoms with Crippen molar-refractivity contribution in [2.24, 2.45) is 0 Å². The van der Waals surface area contributed by atoms with Crippen LogP contribution in [0.25, 0.3) is 11.3 Å². The number of amides is 1. The molecule has 0 radical (unpaired) electrons. The van der Waals surface area contributed by atoms with Gasteiger partial charge in [0.2, 0.25) is 5.89 Å². The summed E-state index contributed by atoms with van der Waals surface area (Å²) in [6.45, 7) is 6.39. The molecular weight excluding hydrogens is 320 g/mol. The van der Waals surface area contributed by atoms with E-state index in [0.717, 1.165) is 5.56 Å². The summed E-state index contributed by atoms with van der Waals surface area (Å²) in [6, 6.07) is 11.1. The first kappa shape index (κ1) is 16.9. The highest BCUT2D eigenvalue weighted by Gasteiger charge is 2.21. The van der Waals surface area contributed by atoms with Gasteiger partial charge >= 0.3 is 0 Å². The second-order valence-corrected chi connectivity index (χ2v) is 6.71. The number of rotatable bonds is 5. The van der Waals surface area contributed by atoms with Crippen LogP contribution in [-0.4, -0.2) is 27.7 Å². The van der Waals surface area contributed by atoms with Crippen LogP contribution < -0.4 is 5.32 Å². The Morgan fingerprint density at radius 3 is 2.56 bits per heavy atom. The maximum atomic E-state index is 12.1. The minimum atomic E-state index is -0.300. The van der Waals surface area contributed by atoms with Crippen molar-refractivity contribution in [2.75, 3.05) is 6.54 Å². The molecule has 3 aromatic rings. The number of carbonyl (C=O) groups excluding carboxylic acids is 1. The maximum absolute atomic E-state index is 12.1. The van der Waals surface area contributed by atoms with E-state index in [-0.39, 0.29) is 17.0 Å². The van der Waals surface area contributed by atoms with Gasteiger partial charge in [-0.05, 0) is 0 Å². The van der Waals surface area contributed by atoms with Gasteiger partial charge in [0.25, 0.3) is 5.91 Å². The molecule has 25 heavy (non-hydrogen) atoms. The van der Waals surface area contributed by atoms with E-state index in [9.17, 15) is 4.79 Å². The normalized spacial score (nSPS) is 11.5. The van der Waals surface area contributed by atoms with Gasteiger partial charge in [0.15, 0.2) is 17.3 Å². The summed E-state index contributed by atoms with van der Waals surface area (Å²) in [4.78, 5) is 16.5. The third-order valence-corrected chi connectivity index (χ3v) is 3.54. The molecule has 0 aliphatic rings. The molecule has 0 unspecified atom stereocenters. The number of carbonyl (C=O) groups is 1. The number of nitrogens with one attached hydrogen (secondary N) is 1. The zero-order valence-corrected chi connectivity index (χ0v) is 14.4. The minimum absolute atomic E-state index is 0.191. The number of hydrogen-bond acceptors (Lipinski definition) is 6. The molecule has 0 aliphatic heterocycles. The number of nitrogens with zero attached hydrogens (tertiary/aromatic N) is 3. The third kappa shape index (κ3) is 4.12. The van der Waals surface area contributed by atoms with Gasteiger partial charge in [0.05, 0.1) is 0 Å². The lowest BCUT2D eigenvalue weighted by Gasteiger charge is -2.10. The van der Waals surface area contributed by atoms with E-state index in [1.165, 1.54) is 0 Å². The van der Waals surface area contributed by atoms with E-state index in [0.29, 0.717) is 30.4 Å². The summed E-state index contributed by atoms with van der Waals surface area (Å²) >= 11 is 0. The summed E-state index contributed by atoms with van der Waals surface area (Å²) in [7, 11) is 0. The van der Waals surface area contributed by atoms with E-state index in [4.69, 9.17) is 9.05 Å². The van der Waals surface area contributed by atoms with Crippen LogP contribution in [-0.2, 0) is 11.8 Å². The molecule has 1 amide bonds. The van der Waals surface area contributed by atoms with Crippen LogP contribution in [0.15, 0.2) is 45.4 Å².